The molecular formula is C12H15NS. The van der Waals surface area contributed by atoms with Crippen LogP contribution in [-0.4, -0.2) is 12.1 Å². The largest absolute Gasteiger partial charge is 0.286 e. The summed E-state index contributed by atoms with van der Waals surface area (Å²) in [5, 5.41) is 1.04. The van der Waals surface area contributed by atoms with E-state index in [4.69, 9.17) is 0 Å². The van der Waals surface area contributed by atoms with Crippen LogP contribution in [0.5, 0.6) is 0 Å². The van der Waals surface area contributed by atoms with E-state index in [0.717, 1.165) is 9.95 Å². The van der Waals surface area contributed by atoms with Crippen LogP contribution >= 0.6 is 11.8 Å². The van der Waals surface area contributed by atoms with Gasteiger partial charge >= 0.3 is 0 Å². The van der Waals surface area contributed by atoms with Gasteiger partial charge in [0, 0.05) is 12.0 Å². The Labute approximate surface area is 89.9 Å². The third-order valence-corrected chi connectivity index (χ3v) is 2.92. The molecule has 0 aliphatic heterocycles. The fourth-order valence-electron chi connectivity index (χ4n) is 1.02. The van der Waals surface area contributed by atoms with Gasteiger partial charge in [0.2, 0.25) is 0 Å². The molecule has 1 rings (SSSR count). The van der Waals surface area contributed by atoms with Crippen LogP contribution in [0.4, 0.5) is 0 Å². The molecule has 0 radical (unpaired) electrons. The standard InChI is InChI=1S/C12H15NS/c1-9-5-7-12(8-6-9)10(2)14-11(3)13-4/h5-8H,2H2,1,3-4H3. The molecule has 0 atom stereocenters. The van der Waals surface area contributed by atoms with Gasteiger partial charge < -0.3 is 0 Å². The van der Waals surface area contributed by atoms with Gasteiger partial charge in [-0.15, -0.1) is 0 Å². The highest BCUT2D eigenvalue weighted by atomic mass is 32.2. The summed E-state index contributed by atoms with van der Waals surface area (Å²) in [7, 11) is 1.80. The van der Waals surface area contributed by atoms with Gasteiger partial charge in [-0.2, -0.15) is 0 Å². The van der Waals surface area contributed by atoms with Gasteiger partial charge in [-0.1, -0.05) is 48.2 Å². The minimum absolute atomic E-state index is 1.04. The van der Waals surface area contributed by atoms with E-state index >= 15 is 0 Å². The molecule has 1 aromatic carbocycles. The molecule has 14 heavy (non-hydrogen) atoms. The van der Waals surface area contributed by atoms with Crippen LogP contribution in [0.2, 0.25) is 0 Å². The zero-order valence-corrected chi connectivity index (χ0v) is 9.69. The molecule has 0 saturated carbocycles. The average Bonchev–Trinajstić information content (AvgIpc) is 2.18. The summed E-state index contributed by atoms with van der Waals surface area (Å²) < 4.78 is 0. The zero-order valence-electron chi connectivity index (χ0n) is 8.87. The van der Waals surface area contributed by atoms with E-state index in [1.54, 1.807) is 18.8 Å². The van der Waals surface area contributed by atoms with Crippen LogP contribution in [0.15, 0.2) is 35.8 Å². The number of rotatable bonds is 2. The van der Waals surface area contributed by atoms with Crippen LogP contribution in [0.3, 0.4) is 0 Å². The number of aryl methyl sites for hydroxylation is 1. The molecule has 1 aromatic rings. The molecule has 0 heterocycles. The molecule has 0 fully saturated rings. The smallest absolute Gasteiger partial charge is 0.0689 e. The Kier molecular flexibility index (Phi) is 3.96. The Morgan fingerprint density at radius 1 is 1.29 bits per heavy atom. The Morgan fingerprint density at radius 3 is 2.36 bits per heavy atom. The molecule has 74 valence electrons. The van der Waals surface area contributed by atoms with E-state index < -0.39 is 0 Å². The van der Waals surface area contributed by atoms with Crippen molar-refractivity contribution in [2.75, 3.05) is 7.05 Å². The van der Waals surface area contributed by atoms with Gasteiger partial charge in [0.15, 0.2) is 0 Å². The SMILES string of the molecule is C=C(SC(C)=NC)c1ccc(C)cc1. The van der Waals surface area contributed by atoms with Crippen molar-refractivity contribution in [3.63, 3.8) is 0 Å². The maximum atomic E-state index is 4.09. The molecule has 0 aromatic heterocycles. The number of benzene rings is 1. The molecule has 0 bridgehead atoms. The Hall–Kier alpha value is -1.02. The molecule has 2 heteroatoms. The first kappa shape index (κ1) is 11.1. The number of thioether (sulfide) groups is 1. The lowest BCUT2D eigenvalue weighted by Gasteiger charge is -2.04. The highest BCUT2D eigenvalue weighted by Crippen LogP contribution is 2.26. The molecule has 0 aliphatic rings. The molecule has 0 N–H and O–H groups in total. The first-order valence-corrected chi connectivity index (χ1v) is 5.32. The van der Waals surface area contributed by atoms with Crippen molar-refractivity contribution in [2.24, 2.45) is 4.99 Å². The van der Waals surface area contributed by atoms with Gasteiger partial charge in [-0.25, -0.2) is 0 Å². The number of hydrogen-bond acceptors (Lipinski definition) is 2. The third-order valence-electron chi connectivity index (χ3n) is 1.96. The summed E-state index contributed by atoms with van der Waals surface area (Å²) in [4.78, 5) is 5.14. The minimum Gasteiger partial charge on any atom is -0.286 e. The van der Waals surface area contributed by atoms with Crippen LogP contribution in [0.1, 0.15) is 18.1 Å². The normalized spacial score (nSPS) is 11.5. The topological polar surface area (TPSA) is 12.4 Å². The fraction of sp³-hybridized carbons (Fsp3) is 0.250. The lowest BCUT2D eigenvalue weighted by Crippen LogP contribution is -1.85. The van der Waals surface area contributed by atoms with Crippen molar-refractivity contribution in [2.45, 2.75) is 13.8 Å². The predicted octanol–water partition coefficient (Wildman–Crippen LogP) is 3.75. The van der Waals surface area contributed by atoms with Crippen LogP contribution in [0, 0.1) is 6.92 Å². The first-order valence-electron chi connectivity index (χ1n) is 4.50. The van der Waals surface area contributed by atoms with E-state index in [9.17, 15) is 0 Å². The van der Waals surface area contributed by atoms with Gasteiger partial charge in [-0.3, -0.25) is 4.99 Å². The van der Waals surface area contributed by atoms with Gasteiger partial charge in [0.05, 0.1) is 5.04 Å². The minimum atomic E-state index is 1.04. The van der Waals surface area contributed by atoms with Crippen molar-refractivity contribution in [3.05, 3.63) is 42.0 Å². The predicted molar refractivity (Wildman–Crippen MR) is 66.8 cm³/mol. The van der Waals surface area contributed by atoms with Crippen molar-refractivity contribution < 1.29 is 0 Å². The van der Waals surface area contributed by atoms with Gasteiger partial charge in [-0.05, 0) is 19.4 Å². The average molecular weight is 205 g/mol. The van der Waals surface area contributed by atoms with Crippen LogP contribution in [-0.2, 0) is 0 Å². The maximum Gasteiger partial charge on any atom is 0.0689 e. The van der Waals surface area contributed by atoms with Crippen molar-refractivity contribution in [3.8, 4) is 0 Å². The second kappa shape index (κ2) is 5.01. The van der Waals surface area contributed by atoms with E-state index in [0.29, 0.717) is 0 Å². The monoisotopic (exact) mass is 205 g/mol. The summed E-state index contributed by atoms with van der Waals surface area (Å²) in [6.45, 7) is 8.10. The van der Waals surface area contributed by atoms with Crippen LogP contribution < -0.4 is 0 Å². The van der Waals surface area contributed by atoms with Crippen molar-refractivity contribution >= 4 is 21.7 Å². The van der Waals surface area contributed by atoms with Gasteiger partial charge in [0.25, 0.3) is 0 Å². The summed E-state index contributed by atoms with van der Waals surface area (Å²) >= 11 is 1.61. The molecule has 0 saturated heterocycles. The second-order valence-electron chi connectivity index (χ2n) is 3.13. The first-order chi connectivity index (χ1) is 6.63. The maximum absolute atomic E-state index is 4.09. The lowest BCUT2D eigenvalue weighted by atomic mass is 10.1. The van der Waals surface area contributed by atoms with E-state index in [2.05, 4.69) is 42.8 Å². The molecule has 0 unspecified atom stereocenters. The third kappa shape index (κ3) is 3.04. The molecular weight excluding hydrogens is 190 g/mol. The van der Waals surface area contributed by atoms with Crippen molar-refractivity contribution in [1.82, 2.24) is 0 Å². The number of aliphatic imine (C=N–C) groups is 1. The summed E-state index contributed by atoms with van der Waals surface area (Å²) in [6, 6.07) is 8.38. The lowest BCUT2D eigenvalue weighted by molar-refractivity contribution is 1.45. The summed E-state index contributed by atoms with van der Waals surface area (Å²) in [5.41, 5.74) is 2.44. The van der Waals surface area contributed by atoms with E-state index in [1.165, 1.54) is 11.1 Å². The highest BCUT2D eigenvalue weighted by molar-refractivity contribution is 8.21. The van der Waals surface area contributed by atoms with Gasteiger partial charge in [0.1, 0.15) is 0 Å². The second-order valence-corrected chi connectivity index (χ2v) is 4.42. The summed E-state index contributed by atoms with van der Waals surface area (Å²) in [6.07, 6.45) is 0. The van der Waals surface area contributed by atoms with Crippen LogP contribution in [0.25, 0.3) is 4.91 Å². The number of hydrogen-bond donors (Lipinski definition) is 0. The molecule has 0 amide bonds. The molecule has 1 nitrogen and oxygen atoms in total. The highest BCUT2D eigenvalue weighted by Gasteiger charge is 2.00. The van der Waals surface area contributed by atoms with Crippen molar-refractivity contribution in [1.29, 1.82) is 0 Å². The molecule has 0 aliphatic carbocycles. The van der Waals surface area contributed by atoms with E-state index in [-0.39, 0.29) is 0 Å². The fourth-order valence-corrected chi connectivity index (χ4v) is 1.72. The number of nitrogens with zero attached hydrogens (tertiary/aromatic N) is 1. The van der Waals surface area contributed by atoms with E-state index in [1.807, 2.05) is 6.92 Å². The summed E-state index contributed by atoms with van der Waals surface area (Å²) in [5.74, 6) is 0. The quantitative estimate of drug-likeness (QED) is 0.529. The Morgan fingerprint density at radius 2 is 1.86 bits per heavy atom. The Bertz CT molecular complexity index is 349. The Balaban J connectivity index is 2.75. The molecule has 0 spiro atoms. The zero-order chi connectivity index (χ0) is 10.6.